The largest absolute Gasteiger partial charge is 0.450 e. The van der Waals surface area contributed by atoms with Crippen LogP contribution in [0.25, 0.3) is 0 Å². The molecule has 110 valence electrons. The molecule has 0 radical (unpaired) electrons. The summed E-state index contributed by atoms with van der Waals surface area (Å²) in [4.78, 5) is 13.5. The number of hydrogen-bond donors (Lipinski definition) is 0. The molecule has 4 nitrogen and oxygen atoms in total. The molecule has 2 atom stereocenters. The van der Waals surface area contributed by atoms with Crippen molar-refractivity contribution in [1.82, 2.24) is 4.90 Å². The molecule has 2 rings (SSSR count). The minimum atomic E-state index is -0.442. The zero-order valence-corrected chi connectivity index (χ0v) is 13.0. The van der Waals surface area contributed by atoms with Gasteiger partial charge >= 0.3 is 6.09 Å². The summed E-state index contributed by atoms with van der Waals surface area (Å²) in [5.74, 6) is 0.891. The maximum atomic E-state index is 12.1. The van der Waals surface area contributed by atoms with Crippen LogP contribution in [0.4, 0.5) is 4.79 Å². The number of nitrogens with zero attached hydrogens (tertiary/aromatic N) is 1. The van der Waals surface area contributed by atoms with Crippen LogP contribution in [0, 0.1) is 0 Å². The highest BCUT2D eigenvalue weighted by atomic mass is 32.2. The monoisotopic (exact) mass is 295 g/mol. The highest BCUT2D eigenvalue weighted by Crippen LogP contribution is 2.46. The van der Waals surface area contributed by atoms with Gasteiger partial charge in [0.05, 0.1) is 6.61 Å². The second kappa shape index (κ2) is 6.50. The van der Waals surface area contributed by atoms with E-state index in [1.807, 2.05) is 44.2 Å². The molecule has 1 aliphatic heterocycles. The normalized spacial score (nSPS) is 23.6. The van der Waals surface area contributed by atoms with Crippen LogP contribution in [-0.2, 0) is 9.47 Å². The van der Waals surface area contributed by atoms with Crippen molar-refractivity contribution in [1.29, 1.82) is 0 Å². The zero-order chi connectivity index (χ0) is 14.6. The van der Waals surface area contributed by atoms with Crippen LogP contribution >= 0.6 is 11.8 Å². The number of methoxy groups -OCH3 is 1. The van der Waals surface area contributed by atoms with Gasteiger partial charge in [-0.25, -0.2) is 4.79 Å². The first-order valence-corrected chi connectivity index (χ1v) is 7.78. The molecule has 5 heteroatoms. The molecule has 1 amide bonds. The first-order chi connectivity index (χ1) is 9.63. The predicted molar refractivity (Wildman–Crippen MR) is 80.8 cm³/mol. The van der Waals surface area contributed by atoms with Crippen LogP contribution in [0.2, 0.25) is 0 Å². The first-order valence-electron chi connectivity index (χ1n) is 6.79. The minimum absolute atomic E-state index is 0.180. The van der Waals surface area contributed by atoms with Crippen LogP contribution in [0.5, 0.6) is 0 Å². The number of rotatable bonds is 4. The highest BCUT2D eigenvalue weighted by molar-refractivity contribution is 8.00. The standard InChI is InChI=1S/C15H21NO3S/c1-4-19-14(17)16-10-11-20-15(16,2)13(18-3)12-8-6-5-7-9-12/h5-9,13H,4,10-11H2,1-3H3/t13-,15-/m1/s1. The van der Waals surface area contributed by atoms with Crippen LogP contribution in [0.15, 0.2) is 30.3 Å². The number of thioether (sulfide) groups is 1. The van der Waals surface area contributed by atoms with Gasteiger partial charge in [0.15, 0.2) is 0 Å². The number of amides is 1. The van der Waals surface area contributed by atoms with Gasteiger partial charge in [-0.1, -0.05) is 30.3 Å². The fourth-order valence-corrected chi connectivity index (χ4v) is 4.02. The van der Waals surface area contributed by atoms with E-state index in [4.69, 9.17) is 9.47 Å². The van der Waals surface area contributed by atoms with Gasteiger partial charge in [-0.15, -0.1) is 11.8 Å². The van der Waals surface area contributed by atoms with Gasteiger partial charge in [0.25, 0.3) is 0 Å². The predicted octanol–water partition coefficient (Wildman–Crippen LogP) is 3.30. The number of ether oxygens (including phenoxy) is 2. The van der Waals surface area contributed by atoms with E-state index >= 15 is 0 Å². The Hall–Kier alpha value is -1.20. The second-order valence-electron chi connectivity index (χ2n) is 4.78. The summed E-state index contributed by atoms with van der Waals surface area (Å²) < 4.78 is 10.9. The van der Waals surface area contributed by atoms with Crippen molar-refractivity contribution in [2.24, 2.45) is 0 Å². The molecule has 0 bridgehead atoms. The molecule has 0 spiro atoms. The average molecular weight is 295 g/mol. The van der Waals surface area contributed by atoms with Crippen LogP contribution < -0.4 is 0 Å². The fraction of sp³-hybridized carbons (Fsp3) is 0.533. The van der Waals surface area contributed by atoms with Gasteiger partial charge in [-0.3, -0.25) is 4.90 Å². The van der Waals surface area contributed by atoms with E-state index in [1.165, 1.54) is 0 Å². The molecule has 20 heavy (non-hydrogen) atoms. The molecule has 1 saturated heterocycles. The van der Waals surface area contributed by atoms with Crippen molar-refractivity contribution in [3.05, 3.63) is 35.9 Å². The molecular weight excluding hydrogens is 274 g/mol. The van der Waals surface area contributed by atoms with Crippen LogP contribution in [0.1, 0.15) is 25.5 Å². The number of hydrogen-bond acceptors (Lipinski definition) is 4. The Balaban J connectivity index is 2.29. The van der Waals surface area contributed by atoms with E-state index in [9.17, 15) is 4.79 Å². The SMILES string of the molecule is CCOC(=O)N1CCS[C@]1(C)[C@H](OC)c1ccccc1. The third kappa shape index (κ3) is 2.79. The summed E-state index contributed by atoms with van der Waals surface area (Å²) in [5, 5.41) is 0. The van der Waals surface area contributed by atoms with E-state index in [1.54, 1.807) is 23.8 Å². The Labute approximate surface area is 124 Å². The molecular formula is C15H21NO3S. The topological polar surface area (TPSA) is 38.8 Å². The molecule has 1 aromatic carbocycles. The first kappa shape index (κ1) is 15.2. The summed E-state index contributed by atoms with van der Waals surface area (Å²) >= 11 is 1.73. The number of carbonyl (C=O) groups is 1. The van der Waals surface area contributed by atoms with E-state index in [0.29, 0.717) is 13.2 Å². The van der Waals surface area contributed by atoms with Crippen LogP contribution in [0.3, 0.4) is 0 Å². The number of carbonyl (C=O) groups excluding carboxylic acids is 1. The van der Waals surface area contributed by atoms with Crippen molar-refractivity contribution in [3.63, 3.8) is 0 Å². The lowest BCUT2D eigenvalue weighted by Crippen LogP contribution is -2.48. The van der Waals surface area contributed by atoms with Crippen LogP contribution in [-0.4, -0.2) is 41.9 Å². The third-order valence-electron chi connectivity index (χ3n) is 3.56. The lowest BCUT2D eigenvalue weighted by Gasteiger charge is -2.39. The summed E-state index contributed by atoms with van der Waals surface area (Å²) in [5.41, 5.74) is 1.07. The van der Waals surface area contributed by atoms with Gasteiger partial charge < -0.3 is 9.47 Å². The van der Waals surface area contributed by atoms with Crippen molar-refractivity contribution in [2.75, 3.05) is 26.0 Å². The smallest absolute Gasteiger partial charge is 0.410 e. The molecule has 0 unspecified atom stereocenters. The van der Waals surface area contributed by atoms with Gasteiger partial charge in [0.1, 0.15) is 11.0 Å². The van der Waals surface area contributed by atoms with Gasteiger partial charge in [-0.05, 0) is 19.4 Å². The molecule has 1 fully saturated rings. The summed E-state index contributed by atoms with van der Waals surface area (Å²) in [7, 11) is 1.69. The Kier molecular flexibility index (Phi) is 4.94. The Morgan fingerprint density at radius 1 is 1.45 bits per heavy atom. The molecule has 0 N–H and O–H groups in total. The lowest BCUT2D eigenvalue weighted by molar-refractivity contribution is 0.00714. The molecule has 0 aliphatic carbocycles. The maximum absolute atomic E-state index is 12.1. The second-order valence-corrected chi connectivity index (χ2v) is 6.30. The number of benzene rings is 1. The van der Waals surface area contributed by atoms with Gasteiger partial charge in [-0.2, -0.15) is 0 Å². The van der Waals surface area contributed by atoms with Gasteiger partial charge in [0.2, 0.25) is 0 Å². The molecule has 1 aromatic rings. The quantitative estimate of drug-likeness (QED) is 0.854. The van der Waals surface area contributed by atoms with E-state index in [2.05, 4.69) is 0 Å². The van der Waals surface area contributed by atoms with E-state index in [0.717, 1.165) is 11.3 Å². The Morgan fingerprint density at radius 3 is 2.75 bits per heavy atom. The van der Waals surface area contributed by atoms with Crippen molar-refractivity contribution >= 4 is 17.9 Å². The summed E-state index contributed by atoms with van der Waals surface area (Å²) in [6.45, 7) is 4.94. The van der Waals surface area contributed by atoms with Crippen molar-refractivity contribution < 1.29 is 14.3 Å². The van der Waals surface area contributed by atoms with Crippen molar-refractivity contribution in [3.8, 4) is 0 Å². The Bertz CT molecular complexity index is 454. The van der Waals surface area contributed by atoms with Gasteiger partial charge in [0, 0.05) is 19.4 Å². The van der Waals surface area contributed by atoms with E-state index in [-0.39, 0.29) is 12.2 Å². The average Bonchev–Trinajstić information content (AvgIpc) is 2.84. The summed E-state index contributed by atoms with van der Waals surface area (Å²) in [6, 6.07) is 10.0. The zero-order valence-electron chi connectivity index (χ0n) is 12.2. The molecule has 0 saturated carbocycles. The van der Waals surface area contributed by atoms with E-state index < -0.39 is 4.87 Å². The summed E-state index contributed by atoms with van der Waals surface area (Å²) in [6.07, 6.45) is -0.446. The van der Waals surface area contributed by atoms with Crippen molar-refractivity contribution in [2.45, 2.75) is 24.8 Å². The molecule has 1 heterocycles. The third-order valence-corrected chi connectivity index (χ3v) is 4.96. The minimum Gasteiger partial charge on any atom is -0.450 e. The lowest BCUT2D eigenvalue weighted by atomic mass is 10.0. The molecule has 0 aromatic heterocycles. The fourth-order valence-electron chi connectivity index (χ4n) is 2.63. The highest BCUT2D eigenvalue weighted by Gasteiger charge is 2.48. The Morgan fingerprint density at radius 2 is 2.15 bits per heavy atom. The maximum Gasteiger partial charge on any atom is 0.410 e. The molecule has 1 aliphatic rings.